The highest BCUT2D eigenvalue weighted by atomic mass is 32.1. The first-order valence-electron chi connectivity index (χ1n) is 14.3. The van der Waals surface area contributed by atoms with E-state index in [1.165, 1.54) is 18.3 Å². The molecule has 10 nitrogen and oxygen atoms in total. The van der Waals surface area contributed by atoms with E-state index >= 15 is 0 Å². The summed E-state index contributed by atoms with van der Waals surface area (Å²) >= 11 is 1.42. The van der Waals surface area contributed by atoms with Gasteiger partial charge in [0.05, 0.1) is 38.8 Å². The van der Waals surface area contributed by atoms with Gasteiger partial charge in [0.25, 0.3) is 0 Å². The molecule has 2 aromatic carbocycles. The number of fused-ring (bicyclic) bond motifs is 3. The molecule has 1 aliphatic carbocycles. The molecule has 43 heavy (non-hydrogen) atoms. The zero-order chi connectivity index (χ0) is 31.4. The van der Waals surface area contributed by atoms with Crippen molar-refractivity contribution in [3.05, 3.63) is 56.2 Å². The summed E-state index contributed by atoms with van der Waals surface area (Å²) in [5.74, 6) is 0.868. The largest absolute Gasteiger partial charge is 0.493 e. The number of aryl methyl sites for hydroxylation is 3. The molecule has 2 amide bonds. The molecule has 0 spiro atoms. The Hall–Kier alpha value is -4.12. The Labute approximate surface area is 256 Å². The van der Waals surface area contributed by atoms with Gasteiger partial charge < -0.3 is 30.2 Å². The summed E-state index contributed by atoms with van der Waals surface area (Å²) in [4.78, 5) is 45.0. The number of amides is 2. The number of ether oxygens (including phenoxy) is 3. The average molecular weight is 609 g/mol. The zero-order valence-electron chi connectivity index (χ0n) is 26.0. The average Bonchev–Trinajstić information content (AvgIpc) is 3.11. The van der Waals surface area contributed by atoms with Crippen LogP contribution in [0.25, 0.3) is 11.1 Å². The van der Waals surface area contributed by atoms with E-state index in [-0.39, 0.29) is 28.8 Å². The number of rotatable bonds is 10. The van der Waals surface area contributed by atoms with E-state index in [2.05, 4.69) is 20.9 Å². The molecule has 1 aromatic heterocycles. The van der Waals surface area contributed by atoms with Gasteiger partial charge >= 0.3 is 0 Å². The van der Waals surface area contributed by atoms with Crippen LogP contribution in [0.5, 0.6) is 17.2 Å². The zero-order valence-corrected chi connectivity index (χ0v) is 26.8. The van der Waals surface area contributed by atoms with Gasteiger partial charge in [0.15, 0.2) is 16.6 Å². The maximum Gasteiger partial charge on any atom is 0.248 e. The van der Waals surface area contributed by atoms with Gasteiger partial charge in [-0.3, -0.25) is 14.4 Å². The normalized spacial score (nSPS) is 15.2. The minimum absolute atomic E-state index is 0.0884. The summed E-state index contributed by atoms with van der Waals surface area (Å²) in [6, 6.07) is 5.86. The van der Waals surface area contributed by atoms with Gasteiger partial charge in [-0.25, -0.2) is 4.98 Å². The van der Waals surface area contributed by atoms with Crippen molar-refractivity contribution in [2.24, 2.45) is 5.92 Å². The van der Waals surface area contributed by atoms with Gasteiger partial charge in [0.2, 0.25) is 23.0 Å². The van der Waals surface area contributed by atoms with Crippen molar-refractivity contribution in [2.75, 3.05) is 32.0 Å². The van der Waals surface area contributed by atoms with Crippen molar-refractivity contribution in [2.45, 2.75) is 66.0 Å². The van der Waals surface area contributed by atoms with Gasteiger partial charge in [0, 0.05) is 17.4 Å². The summed E-state index contributed by atoms with van der Waals surface area (Å²) in [5, 5.41) is 9.70. The molecule has 0 bridgehead atoms. The Morgan fingerprint density at radius 1 is 1.09 bits per heavy atom. The first-order chi connectivity index (χ1) is 20.5. The van der Waals surface area contributed by atoms with E-state index in [4.69, 9.17) is 14.2 Å². The van der Waals surface area contributed by atoms with Crippen LogP contribution in [0.3, 0.4) is 0 Å². The number of anilines is 2. The molecule has 1 heterocycles. The third-order valence-electron chi connectivity index (χ3n) is 7.98. The molecular formula is C32H40N4O6S. The number of hydrogen-bond donors (Lipinski definition) is 3. The second kappa shape index (κ2) is 13.5. The molecule has 3 atom stereocenters. The van der Waals surface area contributed by atoms with Crippen LogP contribution in [-0.2, 0) is 16.0 Å². The molecule has 0 unspecified atom stereocenters. The summed E-state index contributed by atoms with van der Waals surface area (Å²) in [7, 11) is 4.67. The summed E-state index contributed by atoms with van der Waals surface area (Å²) < 4.78 is 17.1. The smallest absolute Gasteiger partial charge is 0.248 e. The van der Waals surface area contributed by atoms with Gasteiger partial charge in [-0.2, -0.15) is 0 Å². The van der Waals surface area contributed by atoms with Crippen LogP contribution in [-0.4, -0.2) is 44.2 Å². The lowest BCUT2D eigenvalue weighted by atomic mass is 9.95. The predicted molar refractivity (Wildman–Crippen MR) is 170 cm³/mol. The number of methoxy groups -OCH3 is 3. The number of thiazole rings is 1. The molecule has 0 radical (unpaired) electrons. The van der Waals surface area contributed by atoms with E-state index in [1.54, 1.807) is 33.5 Å². The number of carbonyl (C=O) groups excluding carboxylic acids is 2. The molecule has 4 rings (SSSR count). The van der Waals surface area contributed by atoms with Crippen LogP contribution >= 0.6 is 11.3 Å². The number of benzene rings is 1. The minimum Gasteiger partial charge on any atom is -0.493 e. The molecule has 11 heteroatoms. The third-order valence-corrected chi connectivity index (χ3v) is 8.97. The van der Waals surface area contributed by atoms with E-state index < -0.39 is 12.1 Å². The van der Waals surface area contributed by atoms with E-state index in [9.17, 15) is 14.4 Å². The number of hydrogen-bond acceptors (Lipinski definition) is 9. The number of carbonyl (C=O) groups is 2. The molecular weight excluding hydrogens is 568 g/mol. The summed E-state index contributed by atoms with van der Waals surface area (Å²) in [6.07, 6.45) is 1.86. The van der Waals surface area contributed by atoms with Gasteiger partial charge in [-0.15, -0.1) is 11.3 Å². The van der Waals surface area contributed by atoms with Crippen molar-refractivity contribution in [1.82, 2.24) is 10.3 Å². The first-order valence-corrected chi connectivity index (χ1v) is 15.1. The molecule has 3 N–H and O–H groups in total. The van der Waals surface area contributed by atoms with Crippen LogP contribution < -0.4 is 35.6 Å². The summed E-state index contributed by atoms with van der Waals surface area (Å²) in [6.45, 7) is 9.28. The molecule has 3 aromatic rings. The molecule has 0 saturated heterocycles. The van der Waals surface area contributed by atoms with Crippen LogP contribution in [0.4, 0.5) is 10.8 Å². The van der Waals surface area contributed by atoms with Gasteiger partial charge in [-0.05, 0) is 67.5 Å². The molecule has 230 valence electrons. The highest BCUT2D eigenvalue weighted by molar-refractivity contribution is 7.15. The van der Waals surface area contributed by atoms with Crippen LogP contribution in [0.1, 0.15) is 61.4 Å². The Kier molecular flexibility index (Phi) is 9.95. The maximum absolute atomic E-state index is 13.8. The Morgan fingerprint density at radius 3 is 2.40 bits per heavy atom. The molecule has 0 aliphatic heterocycles. The van der Waals surface area contributed by atoms with Gasteiger partial charge in [-0.1, -0.05) is 26.3 Å². The van der Waals surface area contributed by atoms with Crippen molar-refractivity contribution >= 4 is 34.0 Å². The van der Waals surface area contributed by atoms with Crippen LogP contribution in [0.15, 0.2) is 29.1 Å². The molecule has 1 aliphatic rings. The van der Waals surface area contributed by atoms with Crippen molar-refractivity contribution in [3.63, 3.8) is 0 Å². The third kappa shape index (κ3) is 6.61. The lowest BCUT2D eigenvalue weighted by Crippen LogP contribution is -2.40. The molecule has 0 fully saturated rings. The highest BCUT2D eigenvalue weighted by Gasteiger charge is 2.30. The highest BCUT2D eigenvalue weighted by Crippen LogP contribution is 2.50. The van der Waals surface area contributed by atoms with E-state index in [1.807, 2.05) is 39.8 Å². The maximum atomic E-state index is 13.8. The lowest BCUT2D eigenvalue weighted by molar-refractivity contribution is -0.120. The van der Waals surface area contributed by atoms with Crippen molar-refractivity contribution in [1.29, 1.82) is 0 Å². The molecule has 0 saturated carbocycles. The van der Waals surface area contributed by atoms with Crippen LogP contribution in [0.2, 0.25) is 0 Å². The van der Waals surface area contributed by atoms with E-state index in [0.29, 0.717) is 52.8 Å². The minimum atomic E-state index is -0.693. The SMILES string of the molecule is CC[C@H](C)[C@@H](Nc1ccc2c(cc1=O)[C@H](NC(C)=O)CCc1cc(OC)c(OC)c(OC)c1-2)C(=O)Nc1nc(C)c(C)s1. The Morgan fingerprint density at radius 2 is 1.81 bits per heavy atom. The quantitative estimate of drug-likeness (QED) is 0.279. The van der Waals surface area contributed by atoms with Gasteiger partial charge in [0.1, 0.15) is 6.04 Å². The van der Waals surface area contributed by atoms with Crippen LogP contribution in [0, 0.1) is 19.8 Å². The monoisotopic (exact) mass is 608 g/mol. The topological polar surface area (TPSA) is 128 Å². The Bertz CT molecular complexity index is 1570. The van der Waals surface area contributed by atoms with Crippen molar-refractivity contribution in [3.8, 4) is 28.4 Å². The first kappa shape index (κ1) is 31.8. The van der Waals surface area contributed by atoms with Crippen molar-refractivity contribution < 1.29 is 23.8 Å². The number of aromatic nitrogens is 1. The second-order valence-electron chi connectivity index (χ2n) is 10.8. The van der Waals surface area contributed by atoms with E-state index in [0.717, 1.165) is 21.7 Å². The fourth-order valence-electron chi connectivity index (χ4n) is 5.41. The fraction of sp³-hybridized carbons (Fsp3) is 0.438. The second-order valence-corrected chi connectivity index (χ2v) is 12.0. The lowest BCUT2D eigenvalue weighted by Gasteiger charge is -2.23. The standard InChI is InChI=1S/C32H40N4O6S/c1-9-16(2)28(31(39)36-32-33-17(3)18(4)43-32)35-24-13-11-21-22(15-25(24)38)23(34-19(5)37)12-10-20-14-26(40-6)29(41-7)30(42-8)27(20)21/h11,13-16,23,28H,9-10,12H2,1-8H3,(H,34,37)(H,35,38)(H,33,36,39)/t16-,23+,28+/m0/s1. The fourth-order valence-corrected chi connectivity index (χ4v) is 6.22. The number of nitrogens with one attached hydrogen (secondary N) is 3. The number of nitrogens with zero attached hydrogens (tertiary/aromatic N) is 1. The summed E-state index contributed by atoms with van der Waals surface area (Å²) in [5.41, 5.74) is 3.89. The predicted octanol–water partition coefficient (Wildman–Crippen LogP) is 5.40. The Balaban J connectivity index is 1.86.